The summed E-state index contributed by atoms with van der Waals surface area (Å²) in [7, 11) is -17.6. The Labute approximate surface area is 174 Å². The van der Waals surface area contributed by atoms with E-state index in [1.54, 1.807) is 0 Å². The van der Waals surface area contributed by atoms with Gasteiger partial charge in [0.05, 0.1) is 0 Å². The van der Waals surface area contributed by atoms with E-state index in [2.05, 4.69) is 22.9 Å². The van der Waals surface area contributed by atoms with Crippen LogP contribution in [0.2, 0.25) is 0 Å². The first-order valence-electron chi connectivity index (χ1n) is 7.33. The molecule has 0 saturated carbocycles. The maximum absolute atomic E-state index is 14.9. The van der Waals surface area contributed by atoms with E-state index in [1.165, 1.54) is 0 Å². The van der Waals surface area contributed by atoms with Gasteiger partial charge in [0.25, 0.3) is 5.67 Å². The molecule has 0 spiro atoms. The van der Waals surface area contributed by atoms with E-state index in [0.29, 0.717) is 4.57 Å². The SMILES string of the molecule is Nc1ccn([C@@H]2O[C@H](OP(=O)(O)OP(=O)(O)OP(=O)(O)O)CC2(F)C(F)(F)F)c(=S)n1. The number of rotatable bonds is 7. The molecular formula is C9H12F4N3O11P3S. The summed E-state index contributed by atoms with van der Waals surface area (Å²) in [5.41, 5.74) is 1.05. The van der Waals surface area contributed by atoms with Gasteiger partial charge in [-0.05, 0) is 18.3 Å². The van der Waals surface area contributed by atoms with Gasteiger partial charge in [0.1, 0.15) is 5.82 Å². The Morgan fingerprint density at radius 1 is 1.23 bits per heavy atom. The standard InChI is InChI=1S/C9H12F4N3O11P3S/c10-8(9(11,12)13)3-5(24-6(8)16-2-1-4(14)15-7(16)31)25-29(20,21)27-30(22,23)26-28(17,18)19/h1-2,5-6H,3H2,(H,20,21)(H,22,23)(H2,14,15,31)(H2,17,18,19)/t5-,6-,8?/m1/s1. The van der Waals surface area contributed by atoms with Crippen molar-refractivity contribution in [2.45, 2.75) is 30.8 Å². The van der Waals surface area contributed by atoms with Crippen LogP contribution in [0.25, 0.3) is 0 Å². The second-order valence-corrected chi connectivity index (χ2v) is 10.5. The number of alkyl halides is 4. The van der Waals surface area contributed by atoms with E-state index in [0.717, 1.165) is 12.3 Å². The van der Waals surface area contributed by atoms with Crippen LogP contribution in [-0.4, -0.2) is 47.3 Å². The molecule has 31 heavy (non-hydrogen) atoms. The number of halogens is 4. The molecule has 22 heteroatoms. The first-order chi connectivity index (χ1) is 13.7. The lowest BCUT2D eigenvalue weighted by molar-refractivity contribution is -0.257. The molecule has 1 aliphatic heterocycles. The Morgan fingerprint density at radius 3 is 2.29 bits per heavy atom. The largest absolute Gasteiger partial charge is 0.490 e. The number of anilines is 1. The molecule has 0 aliphatic carbocycles. The predicted molar refractivity (Wildman–Crippen MR) is 90.8 cm³/mol. The predicted octanol–water partition coefficient (Wildman–Crippen LogP) is 2.05. The van der Waals surface area contributed by atoms with Gasteiger partial charge < -0.3 is 30.0 Å². The summed E-state index contributed by atoms with van der Waals surface area (Å²) in [6.07, 6.45) is -11.8. The van der Waals surface area contributed by atoms with Crippen LogP contribution < -0.4 is 5.73 Å². The molecule has 0 radical (unpaired) electrons. The highest BCUT2D eigenvalue weighted by Gasteiger charge is 2.68. The number of nitrogen functional groups attached to an aromatic ring is 1. The van der Waals surface area contributed by atoms with Gasteiger partial charge in [-0.3, -0.25) is 9.09 Å². The molecule has 2 heterocycles. The number of phosphoric acid groups is 3. The minimum absolute atomic E-state index is 0.222. The highest BCUT2D eigenvalue weighted by molar-refractivity contribution is 7.71. The number of nitrogens with zero attached hydrogens (tertiary/aromatic N) is 2. The fourth-order valence-electron chi connectivity index (χ4n) is 2.30. The van der Waals surface area contributed by atoms with Gasteiger partial charge in [-0.15, -0.1) is 0 Å². The molecule has 1 aromatic rings. The molecule has 1 aliphatic rings. The van der Waals surface area contributed by atoms with Gasteiger partial charge in [0.15, 0.2) is 12.5 Å². The Bertz CT molecular complexity index is 1050. The molecule has 5 atom stereocenters. The first-order valence-corrected chi connectivity index (χ1v) is 12.3. The fraction of sp³-hybridized carbons (Fsp3) is 0.556. The Balaban J connectivity index is 2.31. The zero-order valence-electron chi connectivity index (χ0n) is 14.4. The number of aromatic nitrogens is 2. The molecule has 178 valence electrons. The van der Waals surface area contributed by atoms with Gasteiger partial charge in [0.2, 0.25) is 4.77 Å². The molecule has 0 aromatic carbocycles. The summed E-state index contributed by atoms with van der Waals surface area (Å²) in [5.74, 6) is -0.222. The normalized spacial score (nSPS) is 28.8. The summed E-state index contributed by atoms with van der Waals surface area (Å²) in [6, 6.07) is 0.950. The number of nitrogens with two attached hydrogens (primary N) is 1. The summed E-state index contributed by atoms with van der Waals surface area (Å²) in [6.45, 7) is 0. The van der Waals surface area contributed by atoms with Crippen molar-refractivity contribution in [3.8, 4) is 0 Å². The van der Waals surface area contributed by atoms with Gasteiger partial charge in [-0.2, -0.15) is 21.8 Å². The summed E-state index contributed by atoms with van der Waals surface area (Å²) >= 11 is 4.70. The first kappa shape index (κ1) is 26.4. The monoisotopic (exact) mass is 539 g/mol. The molecule has 1 fully saturated rings. The van der Waals surface area contributed by atoms with E-state index < -0.39 is 59.0 Å². The third-order valence-corrected chi connectivity index (χ3v) is 7.51. The summed E-state index contributed by atoms with van der Waals surface area (Å²) in [4.78, 5) is 38.8. The van der Waals surface area contributed by atoms with Gasteiger partial charge in [-0.1, -0.05) is 0 Å². The highest BCUT2D eigenvalue weighted by Crippen LogP contribution is 2.67. The van der Waals surface area contributed by atoms with Gasteiger partial charge in [-0.25, -0.2) is 23.1 Å². The van der Waals surface area contributed by atoms with Crippen molar-refractivity contribution in [1.29, 1.82) is 0 Å². The van der Waals surface area contributed by atoms with Crippen LogP contribution in [0.5, 0.6) is 0 Å². The summed E-state index contributed by atoms with van der Waals surface area (Å²) in [5, 5.41) is 0. The Kier molecular flexibility index (Phi) is 7.26. The van der Waals surface area contributed by atoms with Crippen molar-refractivity contribution in [2.75, 3.05) is 5.73 Å². The van der Waals surface area contributed by atoms with Crippen molar-refractivity contribution in [3.05, 3.63) is 17.0 Å². The molecule has 3 unspecified atom stereocenters. The van der Waals surface area contributed by atoms with Gasteiger partial charge >= 0.3 is 29.6 Å². The zero-order chi connectivity index (χ0) is 24.0. The minimum atomic E-state index is -5.96. The summed E-state index contributed by atoms with van der Waals surface area (Å²) < 4.78 is 104. The van der Waals surface area contributed by atoms with E-state index in [-0.39, 0.29) is 5.82 Å². The number of hydrogen-bond acceptors (Lipinski definition) is 10. The lowest BCUT2D eigenvalue weighted by Crippen LogP contribution is -2.45. The molecular weight excluding hydrogens is 527 g/mol. The smallest absolute Gasteiger partial charge is 0.384 e. The molecule has 6 N–H and O–H groups in total. The van der Waals surface area contributed by atoms with Crippen molar-refractivity contribution < 1.29 is 68.7 Å². The average Bonchev–Trinajstić information content (AvgIpc) is 2.79. The lowest BCUT2D eigenvalue weighted by atomic mass is 10.0. The number of hydrogen-bond donors (Lipinski definition) is 5. The van der Waals surface area contributed by atoms with Crippen LogP contribution in [0.4, 0.5) is 23.4 Å². The number of ether oxygens (including phenoxy) is 1. The van der Waals surface area contributed by atoms with Crippen LogP contribution in [-0.2, 0) is 31.6 Å². The molecule has 14 nitrogen and oxygen atoms in total. The number of phosphoric ester groups is 1. The molecule has 0 amide bonds. The average molecular weight is 539 g/mol. The Morgan fingerprint density at radius 2 is 1.81 bits per heavy atom. The molecule has 0 bridgehead atoms. The van der Waals surface area contributed by atoms with Crippen LogP contribution in [0, 0.1) is 4.77 Å². The van der Waals surface area contributed by atoms with Gasteiger partial charge in [0, 0.05) is 12.6 Å². The van der Waals surface area contributed by atoms with Crippen LogP contribution in [0.3, 0.4) is 0 Å². The van der Waals surface area contributed by atoms with Crippen molar-refractivity contribution in [2.24, 2.45) is 0 Å². The second kappa shape index (κ2) is 8.52. The second-order valence-electron chi connectivity index (χ2n) is 5.72. The van der Waals surface area contributed by atoms with E-state index in [1.807, 2.05) is 0 Å². The van der Waals surface area contributed by atoms with E-state index in [4.69, 9.17) is 32.6 Å². The van der Waals surface area contributed by atoms with Crippen molar-refractivity contribution in [1.82, 2.24) is 9.55 Å². The minimum Gasteiger partial charge on any atom is -0.384 e. The van der Waals surface area contributed by atoms with Crippen molar-refractivity contribution >= 4 is 41.5 Å². The topological polar surface area (TPSA) is 213 Å². The maximum atomic E-state index is 14.9. The van der Waals surface area contributed by atoms with E-state index in [9.17, 15) is 36.2 Å². The lowest BCUT2D eigenvalue weighted by Gasteiger charge is -2.29. The molecule has 1 aromatic heterocycles. The molecule has 2 rings (SSSR count). The maximum Gasteiger partial charge on any atom is 0.490 e. The van der Waals surface area contributed by atoms with E-state index >= 15 is 0 Å². The van der Waals surface area contributed by atoms with Crippen LogP contribution in [0.1, 0.15) is 12.6 Å². The third kappa shape index (κ3) is 6.60. The quantitative estimate of drug-likeness (QED) is 0.191. The third-order valence-electron chi connectivity index (χ3n) is 3.38. The fourth-order valence-corrected chi connectivity index (χ4v) is 5.64. The highest BCUT2D eigenvalue weighted by atomic mass is 32.1. The van der Waals surface area contributed by atoms with Crippen LogP contribution in [0.15, 0.2) is 12.3 Å². The zero-order valence-corrected chi connectivity index (χ0v) is 17.9. The molecule has 1 saturated heterocycles. The van der Waals surface area contributed by atoms with Crippen LogP contribution >= 0.6 is 35.7 Å². The van der Waals surface area contributed by atoms with Crippen molar-refractivity contribution in [3.63, 3.8) is 0 Å². The Hall–Kier alpha value is -0.810.